The maximum Gasteiger partial charge on any atom is 0.417 e. The van der Waals surface area contributed by atoms with E-state index < -0.39 is 11.8 Å². The van der Waals surface area contributed by atoms with E-state index in [2.05, 4.69) is 0 Å². The molecule has 1 rings (SSSR count). The maximum atomic E-state index is 12.9. The monoisotopic (exact) mass is 241 g/mol. The largest absolute Gasteiger partial charge is 0.417 e. The molecule has 0 unspecified atom stereocenters. The zero-order chi connectivity index (χ0) is 12.2. The number of β-amino-alcohol motifs (C(OH)–C–C–N with tert-alkyl or cyclic N) is 1. The lowest BCUT2D eigenvalue weighted by Crippen LogP contribution is -2.55. The van der Waals surface area contributed by atoms with Gasteiger partial charge in [0.25, 0.3) is 0 Å². The molecule has 96 valence electrons. The standard InChI is InChI=1S/C10H18F3NO2/c1-2-16-9(10(11,12)13)3-5-14(6-4-9)7-8-15/h15H,2-8H2,1H3. The first-order valence-electron chi connectivity index (χ1n) is 5.49. The molecule has 0 aromatic heterocycles. The Morgan fingerprint density at radius 3 is 2.25 bits per heavy atom. The van der Waals surface area contributed by atoms with Gasteiger partial charge in [-0.15, -0.1) is 0 Å². The average Bonchev–Trinajstić information content (AvgIpc) is 2.20. The molecule has 1 heterocycles. The van der Waals surface area contributed by atoms with Gasteiger partial charge in [0.2, 0.25) is 0 Å². The van der Waals surface area contributed by atoms with Gasteiger partial charge in [0.15, 0.2) is 5.60 Å². The number of alkyl halides is 3. The van der Waals surface area contributed by atoms with E-state index in [9.17, 15) is 13.2 Å². The summed E-state index contributed by atoms with van der Waals surface area (Å²) in [7, 11) is 0. The number of halogens is 3. The number of aliphatic hydroxyl groups excluding tert-OH is 1. The molecular weight excluding hydrogens is 223 g/mol. The molecule has 6 heteroatoms. The van der Waals surface area contributed by atoms with E-state index >= 15 is 0 Å². The van der Waals surface area contributed by atoms with E-state index in [1.54, 1.807) is 6.92 Å². The number of likely N-dealkylation sites (tertiary alicyclic amines) is 1. The molecule has 1 N–H and O–H groups in total. The Kier molecular flexibility index (Phi) is 4.58. The highest BCUT2D eigenvalue weighted by atomic mass is 19.4. The molecule has 0 saturated carbocycles. The van der Waals surface area contributed by atoms with Crippen LogP contribution in [0.1, 0.15) is 19.8 Å². The Bertz CT molecular complexity index is 213. The molecule has 1 aliphatic heterocycles. The predicted octanol–water partition coefficient (Wildman–Crippen LogP) is 1.41. The number of rotatable bonds is 4. The first-order chi connectivity index (χ1) is 7.45. The van der Waals surface area contributed by atoms with Gasteiger partial charge in [0.1, 0.15) is 0 Å². The van der Waals surface area contributed by atoms with Crippen LogP contribution in [0.2, 0.25) is 0 Å². The third kappa shape index (κ3) is 2.87. The molecule has 0 bridgehead atoms. The van der Waals surface area contributed by atoms with Gasteiger partial charge in [-0.2, -0.15) is 13.2 Å². The van der Waals surface area contributed by atoms with Crippen LogP contribution < -0.4 is 0 Å². The van der Waals surface area contributed by atoms with Crippen molar-refractivity contribution in [3.05, 3.63) is 0 Å². The van der Waals surface area contributed by atoms with Crippen LogP contribution in [-0.4, -0.2) is 54.6 Å². The average molecular weight is 241 g/mol. The molecule has 3 nitrogen and oxygen atoms in total. The topological polar surface area (TPSA) is 32.7 Å². The lowest BCUT2D eigenvalue weighted by Gasteiger charge is -2.42. The van der Waals surface area contributed by atoms with E-state index in [-0.39, 0.29) is 26.1 Å². The number of piperidine rings is 1. The molecule has 0 aromatic carbocycles. The van der Waals surface area contributed by atoms with Crippen molar-refractivity contribution in [3.63, 3.8) is 0 Å². The summed E-state index contributed by atoms with van der Waals surface area (Å²) < 4.78 is 43.7. The zero-order valence-electron chi connectivity index (χ0n) is 9.39. The van der Waals surface area contributed by atoms with Gasteiger partial charge >= 0.3 is 6.18 Å². The van der Waals surface area contributed by atoms with Gasteiger partial charge in [-0.05, 0) is 19.8 Å². The minimum atomic E-state index is -4.31. The fourth-order valence-corrected chi connectivity index (χ4v) is 2.07. The SMILES string of the molecule is CCOC1(C(F)(F)F)CCN(CCO)CC1. The summed E-state index contributed by atoms with van der Waals surface area (Å²) >= 11 is 0. The van der Waals surface area contributed by atoms with Crippen LogP contribution in [0.5, 0.6) is 0 Å². The molecule has 0 aliphatic carbocycles. The molecule has 0 spiro atoms. The van der Waals surface area contributed by atoms with Crippen LogP contribution in [-0.2, 0) is 4.74 Å². The Hall–Kier alpha value is -0.330. The van der Waals surface area contributed by atoms with Gasteiger partial charge in [0.05, 0.1) is 6.61 Å². The van der Waals surface area contributed by atoms with Crippen molar-refractivity contribution in [3.8, 4) is 0 Å². The Morgan fingerprint density at radius 2 is 1.88 bits per heavy atom. The summed E-state index contributed by atoms with van der Waals surface area (Å²) in [5.41, 5.74) is -1.98. The summed E-state index contributed by atoms with van der Waals surface area (Å²) in [5.74, 6) is 0. The molecule has 0 atom stereocenters. The Labute approximate surface area is 93.2 Å². The number of nitrogens with zero attached hydrogens (tertiary/aromatic N) is 1. The summed E-state index contributed by atoms with van der Waals surface area (Å²) in [6, 6.07) is 0. The van der Waals surface area contributed by atoms with Crippen molar-refractivity contribution >= 4 is 0 Å². The summed E-state index contributed by atoms with van der Waals surface area (Å²) in [5, 5.41) is 8.72. The van der Waals surface area contributed by atoms with Crippen LogP contribution in [0, 0.1) is 0 Å². The second-order valence-electron chi connectivity index (χ2n) is 3.99. The van der Waals surface area contributed by atoms with Crippen LogP contribution in [0.25, 0.3) is 0 Å². The van der Waals surface area contributed by atoms with Crippen LogP contribution in [0.3, 0.4) is 0 Å². The van der Waals surface area contributed by atoms with Crippen molar-refractivity contribution in [2.45, 2.75) is 31.5 Å². The van der Waals surface area contributed by atoms with Gasteiger partial charge in [-0.25, -0.2) is 0 Å². The summed E-state index contributed by atoms with van der Waals surface area (Å²) in [4.78, 5) is 1.82. The van der Waals surface area contributed by atoms with Crippen molar-refractivity contribution < 1.29 is 23.0 Å². The molecule has 1 saturated heterocycles. The van der Waals surface area contributed by atoms with E-state index in [4.69, 9.17) is 9.84 Å². The quantitative estimate of drug-likeness (QED) is 0.807. The van der Waals surface area contributed by atoms with Crippen molar-refractivity contribution in [1.82, 2.24) is 4.90 Å². The van der Waals surface area contributed by atoms with Gasteiger partial charge < -0.3 is 14.7 Å². The third-order valence-corrected chi connectivity index (χ3v) is 3.02. The van der Waals surface area contributed by atoms with Gasteiger partial charge in [0, 0.05) is 26.2 Å². The summed E-state index contributed by atoms with van der Waals surface area (Å²) in [6.45, 7) is 2.70. The number of hydrogen-bond acceptors (Lipinski definition) is 3. The first-order valence-corrected chi connectivity index (χ1v) is 5.49. The third-order valence-electron chi connectivity index (χ3n) is 3.02. The van der Waals surface area contributed by atoms with Crippen molar-refractivity contribution in [1.29, 1.82) is 0 Å². The number of aliphatic hydroxyl groups is 1. The first kappa shape index (κ1) is 13.7. The lowest BCUT2D eigenvalue weighted by atomic mass is 9.90. The van der Waals surface area contributed by atoms with Gasteiger partial charge in [-0.1, -0.05) is 0 Å². The Balaban J connectivity index is 2.63. The Morgan fingerprint density at radius 1 is 1.31 bits per heavy atom. The molecular formula is C10H18F3NO2. The molecule has 0 amide bonds. The zero-order valence-corrected chi connectivity index (χ0v) is 9.39. The van der Waals surface area contributed by atoms with Gasteiger partial charge in [-0.3, -0.25) is 0 Å². The smallest absolute Gasteiger partial charge is 0.395 e. The summed E-state index contributed by atoms with van der Waals surface area (Å²) in [6.07, 6.45) is -4.41. The highest BCUT2D eigenvalue weighted by Gasteiger charge is 2.56. The van der Waals surface area contributed by atoms with Crippen LogP contribution in [0.15, 0.2) is 0 Å². The minimum Gasteiger partial charge on any atom is -0.395 e. The van der Waals surface area contributed by atoms with E-state index in [1.165, 1.54) is 0 Å². The fraction of sp³-hybridized carbons (Fsp3) is 1.00. The fourth-order valence-electron chi connectivity index (χ4n) is 2.07. The molecule has 0 radical (unpaired) electrons. The highest BCUT2D eigenvalue weighted by molar-refractivity contribution is 4.93. The van der Waals surface area contributed by atoms with E-state index in [0.29, 0.717) is 19.6 Å². The van der Waals surface area contributed by atoms with Crippen molar-refractivity contribution in [2.75, 3.05) is 32.8 Å². The molecule has 0 aromatic rings. The molecule has 16 heavy (non-hydrogen) atoms. The number of ether oxygens (including phenoxy) is 1. The van der Waals surface area contributed by atoms with Crippen molar-refractivity contribution in [2.24, 2.45) is 0 Å². The normalized spacial score (nSPS) is 22.3. The minimum absolute atomic E-state index is 0.0202. The van der Waals surface area contributed by atoms with Crippen LogP contribution >= 0.6 is 0 Å². The second kappa shape index (κ2) is 5.33. The van der Waals surface area contributed by atoms with E-state index in [0.717, 1.165) is 0 Å². The lowest BCUT2D eigenvalue weighted by molar-refractivity contribution is -0.289. The molecule has 1 fully saturated rings. The maximum absolute atomic E-state index is 12.9. The van der Waals surface area contributed by atoms with Crippen LogP contribution in [0.4, 0.5) is 13.2 Å². The predicted molar refractivity (Wildman–Crippen MR) is 53.2 cm³/mol. The second-order valence-corrected chi connectivity index (χ2v) is 3.99. The number of hydrogen-bond donors (Lipinski definition) is 1. The highest BCUT2D eigenvalue weighted by Crippen LogP contribution is 2.41. The van der Waals surface area contributed by atoms with E-state index in [1.807, 2.05) is 4.90 Å². The molecule has 1 aliphatic rings.